The molecule has 0 unspecified atom stereocenters. The molecule has 0 aromatic carbocycles. The topological polar surface area (TPSA) is 26.0 Å². The van der Waals surface area contributed by atoms with Crippen LogP contribution in [0.15, 0.2) is 24.3 Å². The number of allylic oxidation sites excluding steroid dienone is 3. The van der Waals surface area contributed by atoms with Gasteiger partial charge < -0.3 is 5.73 Å². The van der Waals surface area contributed by atoms with Crippen LogP contribution in [0.1, 0.15) is 46.5 Å². The molecule has 0 spiro atoms. The first kappa shape index (κ1) is 13.4. The van der Waals surface area contributed by atoms with Gasteiger partial charge in [0.1, 0.15) is 0 Å². The van der Waals surface area contributed by atoms with Crippen molar-refractivity contribution in [2.75, 3.05) is 6.54 Å². The van der Waals surface area contributed by atoms with Crippen molar-refractivity contribution in [3.63, 3.8) is 0 Å². The quantitative estimate of drug-likeness (QED) is 0.643. The summed E-state index contributed by atoms with van der Waals surface area (Å²) in [4.78, 5) is 0. The molecule has 0 aliphatic carbocycles. The zero-order valence-electron chi connectivity index (χ0n) is 9.97. The van der Waals surface area contributed by atoms with E-state index in [9.17, 15) is 0 Å². The molecule has 0 aliphatic rings. The Morgan fingerprint density at radius 1 is 1.36 bits per heavy atom. The molecule has 1 nitrogen and oxygen atoms in total. The molecule has 0 fully saturated rings. The maximum absolute atomic E-state index is 5.50. The lowest BCUT2D eigenvalue weighted by Crippen LogP contribution is -2.03. The molecular formula is C13H25N. The second-order valence-corrected chi connectivity index (χ2v) is 5.01. The highest BCUT2D eigenvalue weighted by Gasteiger charge is 2.07. The van der Waals surface area contributed by atoms with Crippen molar-refractivity contribution < 1.29 is 0 Å². The minimum Gasteiger partial charge on any atom is -0.330 e. The average Bonchev–Trinajstić information content (AvgIpc) is 2.08. The minimum absolute atomic E-state index is 0.384. The molecular weight excluding hydrogens is 170 g/mol. The minimum atomic E-state index is 0.384. The van der Waals surface area contributed by atoms with Crippen LogP contribution in [0.2, 0.25) is 0 Å². The van der Waals surface area contributed by atoms with E-state index in [0.29, 0.717) is 5.41 Å². The van der Waals surface area contributed by atoms with Crippen LogP contribution in [0.5, 0.6) is 0 Å². The van der Waals surface area contributed by atoms with E-state index in [2.05, 4.69) is 33.4 Å². The van der Waals surface area contributed by atoms with E-state index < -0.39 is 0 Å². The van der Waals surface area contributed by atoms with Crippen molar-refractivity contribution >= 4 is 0 Å². The molecule has 0 bridgehead atoms. The highest BCUT2D eigenvalue weighted by atomic mass is 14.5. The summed E-state index contributed by atoms with van der Waals surface area (Å²) in [5.41, 5.74) is 7.37. The zero-order valence-corrected chi connectivity index (χ0v) is 9.97. The lowest BCUT2D eigenvalue weighted by atomic mass is 9.90. The smallest absolute Gasteiger partial charge is 0.00742 e. The Kier molecular flexibility index (Phi) is 6.56. The summed E-state index contributed by atoms with van der Waals surface area (Å²) in [5.74, 6) is 0. The molecule has 0 saturated heterocycles. The third-order valence-electron chi connectivity index (χ3n) is 2.11. The highest BCUT2D eigenvalue weighted by molar-refractivity contribution is 5.07. The second-order valence-electron chi connectivity index (χ2n) is 5.01. The van der Waals surface area contributed by atoms with E-state index >= 15 is 0 Å². The van der Waals surface area contributed by atoms with Gasteiger partial charge >= 0.3 is 0 Å². The van der Waals surface area contributed by atoms with Gasteiger partial charge in [-0.15, -0.1) is 6.58 Å². The SMILES string of the molecule is C=CC/C(=C\CC(C)(C)C)CCCN. The highest BCUT2D eigenvalue weighted by Crippen LogP contribution is 2.22. The predicted octanol–water partition coefficient (Wildman–Crippen LogP) is 3.66. The normalized spacial score (nSPS) is 13.0. The van der Waals surface area contributed by atoms with Crippen LogP contribution < -0.4 is 5.73 Å². The van der Waals surface area contributed by atoms with Gasteiger partial charge in [-0.1, -0.05) is 38.5 Å². The fourth-order valence-electron chi connectivity index (χ4n) is 1.25. The third kappa shape index (κ3) is 8.06. The molecule has 0 rings (SSSR count). The van der Waals surface area contributed by atoms with Gasteiger partial charge in [-0.25, -0.2) is 0 Å². The summed E-state index contributed by atoms with van der Waals surface area (Å²) >= 11 is 0. The van der Waals surface area contributed by atoms with Gasteiger partial charge in [-0.3, -0.25) is 0 Å². The first-order valence-electron chi connectivity index (χ1n) is 5.48. The van der Waals surface area contributed by atoms with Crippen molar-refractivity contribution in [1.82, 2.24) is 0 Å². The summed E-state index contributed by atoms with van der Waals surface area (Å²) in [6.45, 7) is 11.3. The molecule has 0 aromatic heterocycles. The van der Waals surface area contributed by atoms with Crippen molar-refractivity contribution in [2.45, 2.75) is 46.5 Å². The lowest BCUT2D eigenvalue weighted by Gasteiger charge is -2.16. The monoisotopic (exact) mass is 195 g/mol. The van der Waals surface area contributed by atoms with E-state index in [0.717, 1.165) is 32.2 Å². The Labute approximate surface area is 89.1 Å². The van der Waals surface area contributed by atoms with Gasteiger partial charge in [-0.05, 0) is 37.6 Å². The van der Waals surface area contributed by atoms with E-state index in [1.807, 2.05) is 6.08 Å². The largest absolute Gasteiger partial charge is 0.330 e. The van der Waals surface area contributed by atoms with Crippen LogP contribution in [0.25, 0.3) is 0 Å². The summed E-state index contributed by atoms with van der Waals surface area (Å²) < 4.78 is 0. The van der Waals surface area contributed by atoms with E-state index in [1.54, 1.807) is 0 Å². The number of hydrogen-bond donors (Lipinski definition) is 1. The third-order valence-corrected chi connectivity index (χ3v) is 2.11. The average molecular weight is 195 g/mol. The Morgan fingerprint density at radius 3 is 2.43 bits per heavy atom. The molecule has 0 amide bonds. The second kappa shape index (κ2) is 6.83. The molecule has 0 radical (unpaired) electrons. The molecule has 1 heteroatoms. The van der Waals surface area contributed by atoms with Crippen molar-refractivity contribution in [3.05, 3.63) is 24.3 Å². The van der Waals surface area contributed by atoms with Gasteiger partial charge in [0, 0.05) is 0 Å². The first-order valence-corrected chi connectivity index (χ1v) is 5.48. The summed E-state index contributed by atoms with van der Waals surface area (Å²) in [6, 6.07) is 0. The summed E-state index contributed by atoms with van der Waals surface area (Å²) in [5, 5.41) is 0. The molecule has 0 heterocycles. The van der Waals surface area contributed by atoms with Gasteiger partial charge in [0.15, 0.2) is 0 Å². The van der Waals surface area contributed by atoms with Gasteiger partial charge in [0.2, 0.25) is 0 Å². The predicted molar refractivity (Wildman–Crippen MR) is 65.3 cm³/mol. The standard InChI is InChI=1S/C13H25N/c1-5-7-12(8-6-11-14)9-10-13(2,3)4/h5,9H,1,6-8,10-11,14H2,2-4H3/b12-9+. The Bertz CT molecular complexity index is 184. The summed E-state index contributed by atoms with van der Waals surface area (Å²) in [7, 11) is 0. The van der Waals surface area contributed by atoms with Crippen LogP contribution in [-0.2, 0) is 0 Å². The van der Waals surface area contributed by atoms with Crippen molar-refractivity contribution in [2.24, 2.45) is 11.1 Å². The maximum atomic E-state index is 5.50. The Morgan fingerprint density at radius 2 is 2.00 bits per heavy atom. The van der Waals surface area contributed by atoms with Gasteiger partial charge in [0.25, 0.3) is 0 Å². The van der Waals surface area contributed by atoms with Crippen LogP contribution in [0.4, 0.5) is 0 Å². The molecule has 0 aliphatic heterocycles. The van der Waals surface area contributed by atoms with Crippen LogP contribution in [0, 0.1) is 5.41 Å². The lowest BCUT2D eigenvalue weighted by molar-refractivity contribution is 0.419. The number of hydrogen-bond acceptors (Lipinski definition) is 1. The molecule has 0 aromatic rings. The van der Waals surface area contributed by atoms with Crippen molar-refractivity contribution in [1.29, 1.82) is 0 Å². The fourth-order valence-corrected chi connectivity index (χ4v) is 1.25. The molecule has 2 N–H and O–H groups in total. The van der Waals surface area contributed by atoms with E-state index in [4.69, 9.17) is 5.73 Å². The Hall–Kier alpha value is -0.560. The number of nitrogens with two attached hydrogens (primary N) is 1. The maximum Gasteiger partial charge on any atom is -0.00742 e. The van der Waals surface area contributed by atoms with Gasteiger partial charge in [-0.2, -0.15) is 0 Å². The van der Waals surface area contributed by atoms with Crippen LogP contribution in [0.3, 0.4) is 0 Å². The number of rotatable bonds is 6. The molecule has 0 saturated carbocycles. The molecule has 0 atom stereocenters. The first-order chi connectivity index (χ1) is 6.49. The Balaban J connectivity index is 4.10. The van der Waals surface area contributed by atoms with Crippen molar-refractivity contribution in [3.8, 4) is 0 Å². The zero-order chi connectivity index (χ0) is 11.0. The van der Waals surface area contributed by atoms with Crippen LogP contribution in [-0.4, -0.2) is 6.54 Å². The summed E-state index contributed by atoms with van der Waals surface area (Å²) in [6.07, 6.45) is 8.70. The van der Waals surface area contributed by atoms with E-state index in [1.165, 1.54) is 5.57 Å². The fraction of sp³-hybridized carbons (Fsp3) is 0.692. The molecule has 14 heavy (non-hydrogen) atoms. The van der Waals surface area contributed by atoms with Gasteiger partial charge in [0.05, 0.1) is 0 Å². The van der Waals surface area contributed by atoms with E-state index in [-0.39, 0.29) is 0 Å². The van der Waals surface area contributed by atoms with Crippen LogP contribution >= 0.6 is 0 Å². The molecule has 82 valence electrons.